The van der Waals surface area contributed by atoms with E-state index in [1.807, 2.05) is 31.2 Å². The topological polar surface area (TPSA) is 70.1 Å². The standard InChI is InChI=1S/C19H17FN4O/c1-12-3-5-15(6-4-12)17-11-18(23-22-17)19(25)24-21-13(2)14-7-9-16(20)10-8-14/h3-11H,1-2H3,(H,22,23)(H,24,25)/b21-13+. The number of nitrogens with one attached hydrogen (secondary N) is 2. The Bertz CT molecular complexity index is 911. The summed E-state index contributed by atoms with van der Waals surface area (Å²) in [6, 6.07) is 15.4. The zero-order valence-electron chi connectivity index (χ0n) is 13.9. The Labute approximate surface area is 144 Å². The summed E-state index contributed by atoms with van der Waals surface area (Å²) >= 11 is 0. The fraction of sp³-hybridized carbons (Fsp3) is 0.105. The molecule has 0 bridgehead atoms. The molecule has 2 N–H and O–H groups in total. The SMILES string of the molecule is C/C(=N\NC(=O)c1cc(-c2ccc(C)cc2)n[nH]1)c1ccc(F)cc1. The van der Waals surface area contributed by atoms with Gasteiger partial charge in [0.2, 0.25) is 0 Å². The molecule has 0 radical (unpaired) electrons. The first-order chi connectivity index (χ1) is 12.0. The first-order valence-corrected chi connectivity index (χ1v) is 7.76. The van der Waals surface area contributed by atoms with Crippen molar-refractivity contribution >= 4 is 11.6 Å². The maximum Gasteiger partial charge on any atom is 0.289 e. The van der Waals surface area contributed by atoms with Gasteiger partial charge in [-0.15, -0.1) is 0 Å². The summed E-state index contributed by atoms with van der Waals surface area (Å²) < 4.78 is 12.9. The van der Waals surface area contributed by atoms with Crippen LogP contribution in [0.3, 0.4) is 0 Å². The van der Waals surface area contributed by atoms with Crippen molar-refractivity contribution in [3.8, 4) is 11.3 Å². The van der Waals surface area contributed by atoms with E-state index in [1.54, 1.807) is 25.1 Å². The molecule has 0 saturated heterocycles. The molecule has 0 spiro atoms. The summed E-state index contributed by atoms with van der Waals surface area (Å²) in [5.74, 6) is -0.714. The van der Waals surface area contributed by atoms with Gasteiger partial charge in [-0.3, -0.25) is 9.89 Å². The molecule has 126 valence electrons. The maximum atomic E-state index is 12.9. The lowest BCUT2D eigenvalue weighted by atomic mass is 10.1. The van der Waals surface area contributed by atoms with Crippen LogP contribution in [-0.2, 0) is 0 Å². The minimum Gasteiger partial charge on any atom is -0.272 e. The molecule has 25 heavy (non-hydrogen) atoms. The number of halogens is 1. The molecule has 3 rings (SSSR count). The molecule has 1 amide bonds. The van der Waals surface area contributed by atoms with E-state index in [-0.39, 0.29) is 5.82 Å². The monoisotopic (exact) mass is 336 g/mol. The third-order valence-corrected chi connectivity index (χ3v) is 3.76. The van der Waals surface area contributed by atoms with Crippen molar-refractivity contribution in [2.45, 2.75) is 13.8 Å². The highest BCUT2D eigenvalue weighted by molar-refractivity contribution is 6.00. The Balaban J connectivity index is 1.70. The average Bonchev–Trinajstić information content (AvgIpc) is 3.11. The lowest BCUT2D eigenvalue weighted by Crippen LogP contribution is -2.19. The molecular formula is C19H17FN4O. The van der Waals surface area contributed by atoms with Gasteiger partial charge in [0.05, 0.1) is 11.4 Å². The molecule has 0 saturated carbocycles. The number of aromatic nitrogens is 2. The molecule has 6 heteroatoms. The maximum absolute atomic E-state index is 12.9. The van der Waals surface area contributed by atoms with Crippen LogP contribution in [0, 0.1) is 12.7 Å². The van der Waals surface area contributed by atoms with Crippen LogP contribution < -0.4 is 5.43 Å². The Morgan fingerprint density at radius 1 is 1.12 bits per heavy atom. The van der Waals surface area contributed by atoms with E-state index in [4.69, 9.17) is 0 Å². The van der Waals surface area contributed by atoms with Crippen molar-refractivity contribution in [1.29, 1.82) is 0 Å². The number of nitrogens with zero attached hydrogens (tertiary/aromatic N) is 2. The van der Waals surface area contributed by atoms with Crippen LogP contribution in [0.25, 0.3) is 11.3 Å². The fourth-order valence-corrected chi connectivity index (χ4v) is 2.26. The van der Waals surface area contributed by atoms with Crippen molar-refractivity contribution in [3.05, 3.63) is 77.2 Å². The second-order valence-corrected chi connectivity index (χ2v) is 5.68. The summed E-state index contributed by atoms with van der Waals surface area (Å²) in [7, 11) is 0. The number of hydrazone groups is 1. The number of aromatic amines is 1. The summed E-state index contributed by atoms with van der Waals surface area (Å²) in [6.45, 7) is 3.74. The Morgan fingerprint density at radius 2 is 1.80 bits per heavy atom. The van der Waals surface area contributed by atoms with Gasteiger partial charge in [-0.1, -0.05) is 42.0 Å². The van der Waals surface area contributed by atoms with Crippen LogP contribution in [0.1, 0.15) is 28.5 Å². The van der Waals surface area contributed by atoms with Crippen LogP contribution in [0.5, 0.6) is 0 Å². The smallest absolute Gasteiger partial charge is 0.272 e. The second-order valence-electron chi connectivity index (χ2n) is 5.68. The van der Waals surface area contributed by atoms with Crippen LogP contribution in [0.4, 0.5) is 4.39 Å². The number of hydrogen-bond donors (Lipinski definition) is 2. The molecular weight excluding hydrogens is 319 g/mol. The van der Waals surface area contributed by atoms with Crippen molar-refractivity contribution in [1.82, 2.24) is 15.6 Å². The van der Waals surface area contributed by atoms with Crippen LogP contribution in [-0.4, -0.2) is 21.8 Å². The molecule has 0 atom stereocenters. The lowest BCUT2D eigenvalue weighted by molar-refractivity contribution is 0.0950. The molecule has 0 aliphatic carbocycles. The molecule has 5 nitrogen and oxygen atoms in total. The molecule has 3 aromatic rings. The number of carbonyl (C=O) groups excluding carboxylic acids is 1. The van der Waals surface area contributed by atoms with Crippen LogP contribution in [0.15, 0.2) is 59.7 Å². The van der Waals surface area contributed by atoms with E-state index in [9.17, 15) is 9.18 Å². The van der Waals surface area contributed by atoms with E-state index in [0.29, 0.717) is 17.1 Å². The van der Waals surface area contributed by atoms with Crippen molar-refractivity contribution in [2.24, 2.45) is 5.10 Å². The summed E-state index contributed by atoms with van der Waals surface area (Å²) in [5.41, 5.74) is 6.85. The predicted octanol–water partition coefficient (Wildman–Crippen LogP) is 3.68. The van der Waals surface area contributed by atoms with Crippen LogP contribution in [0.2, 0.25) is 0 Å². The molecule has 2 aromatic carbocycles. The molecule has 0 aliphatic rings. The van der Waals surface area contributed by atoms with E-state index in [1.165, 1.54) is 12.1 Å². The highest BCUT2D eigenvalue weighted by Crippen LogP contribution is 2.18. The van der Waals surface area contributed by atoms with Gasteiger partial charge in [-0.05, 0) is 37.6 Å². The van der Waals surface area contributed by atoms with Crippen molar-refractivity contribution < 1.29 is 9.18 Å². The van der Waals surface area contributed by atoms with Gasteiger partial charge >= 0.3 is 0 Å². The van der Waals surface area contributed by atoms with Gasteiger partial charge in [0.25, 0.3) is 5.91 Å². The average molecular weight is 336 g/mol. The van der Waals surface area contributed by atoms with Gasteiger partial charge < -0.3 is 0 Å². The number of rotatable bonds is 4. The number of aryl methyl sites for hydroxylation is 1. The van der Waals surface area contributed by atoms with Gasteiger partial charge in [0.15, 0.2) is 0 Å². The molecule has 0 fully saturated rings. The molecule has 1 aromatic heterocycles. The number of carbonyl (C=O) groups is 1. The van der Waals surface area contributed by atoms with Gasteiger partial charge in [-0.2, -0.15) is 10.2 Å². The van der Waals surface area contributed by atoms with Crippen molar-refractivity contribution in [2.75, 3.05) is 0 Å². The van der Waals surface area contributed by atoms with Gasteiger partial charge in [0, 0.05) is 5.56 Å². The second kappa shape index (κ2) is 7.09. The molecule has 0 unspecified atom stereocenters. The third kappa shape index (κ3) is 3.98. The highest BCUT2D eigenvalue weighted by Gasteiger charge is 2.10. The van der Waals surface area contributed by atoms with Crippen molar-refractivity contribution in [3.63, 3.8) is 0 Å². The number of hydrogen-bond acceptors (Lipinski definition) is 3. The van der Waals surface area contributed by atoms with E-state index in [2.05, 4.69) is 20.7 Å². The number of amides is 1. The highest BCUT2D eigenvalue weighted by atomic mass is 19.1. The largest absolute Gasteiger partial charge is 0.289 e. The van der Waals surface area contributed by atoms with E-state index >= 15 is 0 Å². The number of benzene rings is 2. The summed E-state index contributed by atoms with van der Waals surface area (Å²) in [6.07, 6.45) is 0. The predicted molar refractivity (Wildman–Crippen MR) is 94.8 cm³/mol. The lowest BCUT2D eigenvalue weighted by Gasteiger charge is -2.01. The quantitative estimate of drug-likeness (QED) is 0.564. The Hall–Kier alpha value is -3.28. The van der Waals surface area contributed by atoms with Gasteiger partial charge in [-0.25, -0.2) is 9.82 Å². The van der Waals surface area contributed by atoms with E-state index < -0.39 is 5.91 Å². The van der Waals surface area contributed by atoms with Crippen LogP contribution >= 0.6 is 0 Å². The Kier molecular flexibility index (Phi) is 4.70. The first-order valence-electron chi connectivity index (χ1n) is 7.76. The third-order valence-electron chi connectivity index (χ3n) is 3.76. The zero-order chi connectivity index (χ0) is 17.8. The molecule has 0 aliphatic heterocycles. The van der Waals surface area contributed by atoms with E-state index in [0.717, 1.165) is 16.7 Å². The normalized spacial score (nSPS) is 11.4. The fourth-order valence-electron chi connectivity index (χ4n) is 2.26. The van der Waals surface area contributed by atoms with Gasteiger partial charge in [0.1, 0.15) is 11.5 Å². The summed E-state index contributed by atoms with van der Waals surface area (Å²) in [5, 5.41) is 10.9. The zero-order valence-corrected chi connectivity index (χ0v) is 13.9. The number of H-pyrrole nitrogens is 1. The Morgan fingerprint density at radius 3 is 2.48 bits per heavy atom. The molecule has 1 heterocycles. The summed E-state index contributed by atoms with van der Waals surface area (Å²) in [4.78, 5) is 12.2. The minimum absolute atomic E-state index is 0.311. The minimum atomic E-state index is -0.396. The first kappa shape index (κ1) is 16.6.